The third-order valence-corrected chi connectivity index (χ3v) is 5.80. The van der Waals surface area contributed by atoms with Crippen LogP contribution in [0.1, 0.15) is 11.1 Å². The van der Waals surface area contributed by atoms with E-state index in [0.29, 0.717) is 30.3 Å². The fraction of sp³-hybridized carbons (Fsp3) is 0.294. The van der Waals surface area contributed by atoms with Crippen LogP contribution in [0.3, 0.4) is 0 Å². The van der Waals surface area contributed by atoms with Crippen molar-refractivity contribution in [2.75, 3.05) is 20.3 Å². The van der Waals surface area contributed by atoms with Crippen molar-refractivity contribution in [1.82, 2.24) is 4.31 Å². The molecule has 0 saturated heterocycles. The molecule has 0 aromatic heterocycles. The van der Waals surface area contributed by atoms with E-state index in [0.717, 1.165) is 11.6 Å². The maximum absolute atomic E-state index is 13.4. The Morgan fingerprint density at radius 3 is 2.54 bits per heavy atom. The molecule has 0 unspecified atom stereocenters. The molecule has 2 aromatic rings. The van der Waals surface area contributed by atoms with Crippen molar-refractivity contribution in [1.29, 1.82) is 0 Å². The highest BCUT2D eigenvalue weighted by atomic mass is 32.2. The van der Waals surface area contributed by atoms with Crippen molar-refractivity contribution in [2.45, 2.75) is 18.4 Å². The maximum Gasteiger partial charge on any atom is 0.243 e. The zero-order chi connectivity index (χ0) is 17.3. The Balaban J connectivity index is 1.86. The molecule has 7 heteroatoms. The normalized spacial score (nSPS) is 14.0. The topological polar surface area (TPSA) is 55.8 Å². The van der Waals surface area contributed by atoms with E-state index in [-0.39, 0.29) is 11.4 Å². The fourth-order valence-corrected chi connectivity index (χ4v) is 3.94. The minimum absolute atomic E-state index is 0.0254. The lowest BCUT2D eigenvalue weighted by molar-refractivity contribution is 0.171. The minimum atomic E-state index is -3.79. The van der Waals surface area contributed by atoms with E-state index in [1.807, 2.05) is 0 Å². The molecule has 0 aliphatic carbocycles. The predicted molar refractivity (Wildman–Crippen MR) is 87.2 cm³/mol. The molecule has 0 fully saturated rings. The van der Waals surface area contributed by atoms with Gasteiger partial charge in [0, 0.05) is 13.6 Å². The van der Waals surface area contributed by atoms with Crippen LogP contribution >= 0.6 is 0 Å². The fourth-order valence-electron chi connectivity index (χ4n) is 2.55. The molecule has 0 spiro atoms. The maximum atomic E-state index is 13.4. The molecule has 0 N–H and O–H groups in total. The second-order valence-corrected chi connectivity index (χ2v) is 7.66. The third-order valence-electron chi connectivity index (χ3n) is 3.85. The summed E-state index contributed by atoms with van der Waals surface area (Å²) in [5, 5.41) is 0. The van der Waals surface area contributed by atoms with Gasteiger partial charge in [0.25, 0.3) is 0 Å². The van der Waals surface area contributed by atoms with Gasteiger partial charge in [-0.25, -0.2) is 12.8 Å². The first-order valence-corrected chi connectivity index (χ1v) is 8.93. The zero-order valence-electron chi connectivity index (χ0n) is 13.5. The molecular weight excluding hydrogens is 333 g/mol. The number of hydrogen-bond donors (Lipinski definition) is 0. The van der Waals surface area contributed by atoms with Gasteiger partial charge in [-0.15, -0.1) is 0 Å². The molecule has 2 aromatic carbocycles. The summed E-state index contributed by atoms with van der Waals surface area (Å²) >= 11 is 0. The Labute approximate surface area is 140 Å². The zero-order valence-corrected chi connectivity index (χ0v) is 14.3. The van der Waals surface area contributed by atoms with Gasteiger partial charge in [-0.1, -0.05) is 12.1 Å². The molecule has 3 rings (SSSR count). The van der Waals surface area contributed by atoms with Crippen molar-refractivity contribution >= 4 is 10.0 Å². The summed E-state index contributed by atoms with van der Waals surface area (Å²) < 4.78 is 51.0. The monoisotopic (exact) mass is 351 g/mol. The summed E-state index contributed by atoms with van der Waals surface area (Å²) in [5.74, 6) is 0.676. The first kappa shape index (κ1) is 16.7. The number of aryl methyl sites for hydroxylation is 1. The molecule has 0 atom stereocenters. The average Bonchev–Trinajstić information content (AvgIpc) is 2.56. The third kappa shape index (κ3) is 3.22. The highest BCUT2D eigenvalue weighted by Crippen LogP contribution is 2.31. The van der Waals surface area contributed by atoms with Crippen LogP contribution in [0, 0.1) is 12.7 Å². The summed E-state index contributed by atoms with van der Waals surface area (Å²) in [6.45, 7) is 2.76. The van der Waals surface area contributed by atoms with Gasteiger partial charge in [-0.2, -0.15) is 4.31 Å². The van der Waals surface area contributed by atoms with Crippen molar-refractivity contribution in [3.8, 4) is 11.5 Å². The number of nitrogens with zero attached hydrogens (tertiary/aromatic N) is 1. The number of fused-ring (bicyclic) bond motifs is 1. The van der Waals surface area contributed by atoms with E-state index >= 15 is 0 Å². The number of rotatable bonds is 4. The van der Waals surface area contributed by atoms with Crippen molar-refractivity contribution in [3.05, 3.63) is 53.3 Å². The van der Waals surface area contributed by atoms with E-state index < -0.39 is 15.8 Å². The van der Waals surface area contributed by atoms with E-state index in [1.165, 1.54) is 23.5 Å². The number of ether oxygens (including phenoxy) is 2. The lowest BCUT2D eigenvalue weighted by Gasteiger charge is -2.21. The van der Waals surface area contributed by atoms with Gasteiger partial charge in [-0.3, -0.25) is 0 Å². The van der Waals surface area contributed by atoms with E-state index in [4.69, 9.17) is 9.47 Å². The molecule has 0 amide bonds. The largest absolute Gasteiger partial charge is 0.486 e. The molecule has 5 nitrogen and oxygen atoms in total. The van der Waals surface area contributed by atoms with Crippen LogP contribution in [0.5, 0.6) is 11.5 Å². The Hall–Kier alpha value is -2.12. The van der Waals surface area contributed by atoms with Gasteiger partial charge in [0.05, 0.1) is 4.90 Å². The van der Waals surface area contributed by atoms with Gasteiger partial charge in [0.15, 0.2) is 11.5 Å². The molecule has 24 heavy (non-hydrogen) atoms. The van der Waals surface area contributed by atoms with Crippen LogP contribution in [-0.4, -0.2) is 33.0 Å². The molecule has 0 radical (unpaired) electrons. The van der Waals surface area contributed by atoms with Crippen LogP contribution in [0.25, 0.3) is 0 Å². The Morgan fingerprint density at radius 1 is 1.08 bits per heavy atom. The molecular formula is C17H18FNO4S. The summed E-state index contributed by atoms with van der Waals surface area (Å²) in [4.78, 5) is -0.0254. The summed E-state index contributed by atoms with van der Waals surface area (Å²) in [7, 11) is -2.32. The Kier molecular flexibility index (Phi) is 4.47. The van der Waals surface area contributed by atoms with E-state index in [1.54, 1.807) is 25.1 Å². The van der Waals surface area contributed by atoms with Crippen LogP contribution in [0.4, 0.5) is 4.39 Å². The van der Waals surface area contributed by atoms with Crippen LogP contribution in [-0.2, 0) is 16.6 Å². The number of halogens is 1. The van der Waals surface area contributed by atoms with Gasteiger partial charge < -0.3 is 9.47 Å². The number of benzene rings is 2. The Morgan fingerprint density at radius 2 is 1.79 bits per heavy atom. The average molecular weight is 351 g/mol. The minimum Gasteiger partial charge on any atom is -0.486 e. The van der Waals surface area contributed by atoms with Gasteiger partial charge >= 0.3 is 0 Å². The highest BCUT2D eigenvalue weighted by molar-refractivity contribution is 7.89. The Bertz CT molecular complexity index is 867. The van der Waals surface area contributed by atoms with Crippen molar-refractivity contribution < 1.29 is 22.3 Å². The van der Waals surface area contributed by atoms with Gasteiger partial charge in [-0.05, 0) is 42.3 Å². The lowest BCUT2D eigenvalue weighted by Crippen LogP contribution is -2.27. The molecule has 0 bridgehead atoms. The first-order chi connectivity index (χ1) is 11.4. The molecule has 128 valence electrons. The van der Waals surface area contributed by atoms with E-state index in [2.05, 4.69) is 0 Å². The second-order valence-electron chi connectivity index (χ2n) is 5.65. The first-order valence-electron chi connectivity index (χ1n) is 7.49. The highest BCUT2D eigenvalue weighted by Gasteiger charge is 2.24. The van der Waals surface area contributed by atoms with Crippen LogP contribution in [0.2, 0.25) is 0 Å². The van der Waals surface area contributed by atoms with Crippen LogP contribution < -0.4 is 9.47 Å². The summed E-state index contributed by atoms with van der Waals surface area (Å²) in [6, 6.07) is 9.06. The van der Waals surface area contributed by atoms with Crippen molar-refractivity contribution in [2.24, 2.45) is 0 Å². The van der Waals surface area contributed by atoms with Crippen LogP contribution in [0.15, 0.2) is 41.3 Å². The molecule has 0 saturated carbocycles. The predicted octanol–water partition coefficient (Wildman–Crippen LogP) is 2.73. The number of hydrogen-bond acceptors (Lipinski definition) is 4. The van der Waals surface area contributed by atoms with Gasteiger partial charge in [0.1, 0.15) is 19.0 Å². The number of sulfonamides is 1. The van der Waals surface area contributed by atoms with Crippen molar-refractivity contribution in [3.63, 3.8) is 0 Å². The second kappa shape index (κ2) is 6.41. The molecule has 1 aliphatic heterocycles. The molecule has 1 heterocycles. The lowest BCUT2D eigenvalue weighted by atomic mass is 10.2. The van der Waals surface area contributed by atoms with Gasteiger partial charge in [0.2, 0.25) is 10.0 Å². The standard InChI is InChI=1S/C17H18FNO4S/c1-12-3-5-14(18)10-17(12)24(20,21)19(2)11-13-4-6-15-16(9-13)23-8-7-22-15/h3-6,9-10H,7-8,11H2,1-2H3. The summed E-state index contributed by atoms with van der Waals surface area (Å²) in [6.07, 6.45) is 0. The molecule has 1 aliphatic rings. The summed E-state index contributed by atoms with van der Waals surface area (Å²) in [5.41, 5.74) is 1.27. The quantitative estimate of drug-likeness (QED) is 0.850. The smallest absolute Gasteiger partial charge is 0.243 e. The SMILES string of the molecule is Cc1ccc(F)cc1S(=O)(=O)N(C)Cc1ccc2c(c1)OCCO2. The van der Waals surface area contributed by atoms with E-state index in [9.17, 15) is 12.8 Å².